The lowest BCUT2D eigenvalue weighted by Gasteiger charge is -2.32. The number of nitrogens with one attached hydrogen (secondary N) is 2. The van der Waals surface area contributed by atoms with Gasteiger partial charge >= 0.3 is 0 Å². The van der Waals surface area contributed by atoms with Crippen molar-refractivity contribution in [1.29, 1.82) is 0 Å². The van der Waals surface area contributed by atoms with E-state index >= 15 is 0 Å². The number of hydrogen-bond donors (Lipinski definition) is 2. The summed E-state index contributed by atoms with van der Waals surface area (Å²) in [6.45, 7) is 17.0. The number of hydrogen-bond acceptors (Lipinski definition) is 3. The van der Waals surface area contributed by atoms with E-state index in [1.807, 2.05) is 0 Å². The van der Waals surface area contributed by atoms with Gasteiger partial charge in [0.2, 0.25) is 0 Å². The van der Waals surface area contributed by atoms with Gasteiger partial charge < -0.3 is 20.3 Å². The van der Waals surface area contributed by atoms with Crippen molar-refractivity contribution < 1.29 is 4.74 Å². The van der Waals surface area contributed by atoms with Crippen molar-refractivity contribution >= 4 is 5.96 Å². The molecule has 2 N–H and O–H groups in total. The monoisotopic (exact) mass is 340 g/mol. The van der Waals surface area contributed by atoms with Gasteiger partial charge in [0, 0.05) is 38.8 Å². The van der Waals surface area contributed by atoms with Gasteiger partial charge in [0.05, 0.1) is 6.10 Å². The highest BCUT2D eigenvalue weighted by Gasteiger charge is 2.19. The third-order valence-electron chi connectivity index (χ3n) is 4.62. The Hall–Kier alpha value is -0.810. The number of piperidine rings is 1. The molecule has 1 heterocycles. The van der Waals surface area contributed by atoms with Crippen LogP contribution in [0.3, 0.4) is 0 Å². The molecule has 1 aliphatic heterocycles. The SMILES string of the molecule is CCCN1CCC(NC(=NCCC(OCC)C(C)C)NCC)CC1. The molecule has 1 saturated heterocycles. The fourth-order valence-electron chi connectivity index (χ4n) is 3.26. The van der Waals surface area contributed by atoms with Crippen LogP contribution in [0.25, 0.3) is 0 Å². The summed E-state index contributed by atoms with van der Waals surface area (Å²) in [5.74, 6) is 1.50. The zero-order chi connectivity index (χ0) is 17.8. The largest absolute Gasteiger partial charge is 0.378 e. The molecule has 1 fully saturated rings. The Kier molecular flexibility index (Phi) is 11.1. The molecule has 0 aromatic heterocycles. The van der Waals surface area contributed by atoms with E-state index in [-0.39, 0.29) is 0 Å². The summed E-state index contributed by atoms with van der Waals surface area (Å²) in [5.41, 5.74) is 0. The molecule has 1 unspecified atom stereocenters. The quantitative estimate of drug-likeness (QED) is 0.474. The molecule has 1 aliphatic rings. The van der Waals surface area contributed by atoms with Gasteiger partial charge in [-0.15, -0.1) is 0 Å². The first kappa shape index (κ1) is 21.2. The Morgan fingerprint density at radius 2 is 1.92 bits per heavy atom. The maximum absolute atomic E-state index is 5.81. The summed E-state index contributed by atoms with van der Waals surface area (Å²) in [7, 11) is 0. The highest BCUT2D eigenvalue weighted by Crippen LogP contribution is 2.12. The fourth-order valence-corrected chi connectivity index (χ4v) is 3.26. The van der Waals surface area contributed by atoms with Crippen LogP contribution in [0.15, 0.2) is 4.99 Å². The van der Waals surface area contributed by atoms with Crippen LogP contribution in [-0.4, -0.2) is 62.3 Å². The minimum Gasteiger partial charge on any atom is -0.378 e. The van der Waals surface area contributed by atoms with E-state index in [9.17, 15) is 0 Å². The average Bonchev–Trinajstić information content (AvgIpc) is 2.56. The first-order valence-corrected chi connectivity index (χ1v) is 9.99. The minimum atomic E-state index is 0.305. The van der Waals surface area contributed by atoms with Gasteiger partial charge in [0.15, 0.2) is 5.96 Å². The van der Waals surface area contributed by atoms with Crippen LogP contribution in [0.2, 0.25) is 0 Å². The molecule has 24 heavy (non-hydrogen) atoms. The standard InChI is InChI=1S/C19H40N4O/c1-6-13-23-14-10-17(11-15-23)22-19(20-7-2)21-12-9-18(16(4)5)24-8-3/h16-18H,6-15H2,1-5H3,(H2,20,21,22). The van der Waals surface area contributed by atoms with Crippen molar-refractivity contribution in [3.05, 3.63) is 0 Å². The van der Waals surface area contributed by atoms with E-state index in [1.165, 1.54) is 38.9 Å². The summed E-state index contributed by atoms with van der Waals surface area (Å²) < 4.78 is 5.81. The van der Waals surface area contributed by atoms with Crippen LogP contribution >= 0.6 is 0 Å². The second-order valence-electron chi connectivity index (χ2n) is 7.05. The normalized spacial score (nSPS) is 18.8. The molecular weight excluding hydrogens is 300 g/mol. The van der Waals surface area contributed by atoms with E-state index in [2.05, 4.69) is 50.2 Å². The number of rotatable bonds is 10. The third kappa shape index (κ3) is 8.34. The third-order valence-corrected chi connectivity index (χ3v) is 4.62. The van der Waals surface area contributed by atoms with Crippen LogP contribution in [-0.2, 0) is 4.74 Å². The average molecular weight is 341 g/mol. The number of guanidine groups is 1. The van der Waals surface area contributed by atoms with Crippen molar-refractivity contribution in [3.63, 3.8) is 0 Å². The second-order valence-corrected chi connectivity index (χ2v) is 7.05. The molecular formula is C19H40N4O. The first-order valence-electron chi connectivity index (χ1n) is 9.99. The Morgan fingerprint density at radius 1 is 1.21 bits per heavy atom. The lowest BCUT2D eigenvalue weighted by Crippen LogP contribution is -2.48. The molecule has 1 rings (SSSR count). The second kappa shape index (κ2) is 12.5. The predicted molar refractivity (Wildman–Crippen MR) is 104 cm³/mol. The molecule has 0 bridgehead atoms. The first-order chi connectivity index (χ1) is 11.6. The molecule has 0 aliphatic carbocycles. The molecule has 0 amide bonds. The Bertz CT molecular complexity index is 338. The lowest BCUT2D eigenvalue weighted by atomic mass is 10.0. The molecule has 0 saturated carbocycles. The van der Waals surface area contributed by atoms with Crippen molar-refractivity contribution in [1.82, 2.24) is 15.5 Å². The number of aliphatic imine (C=N–C) groups is 1. The van der Waals surface area contributed by atoms with E-state index in [0.29, 0.717) is 18.1 Å². The van der Waals surface area contributed by atoms with E-state index in [4.69, 9.17) is 9.73 Å². The highest BCUT2D eigenvalue weighted by atomic mass is 16.5. The van der Waals surface area contributed by atoms with Gasteiger partial charge in [-0.2, -0.15) is 0 Å². The van der Waals surface area contributed by atoms with Crippen molar-refractivity contribution in [2.45, 2.75) is 72.4 Å². The Morgan fingerprint density at radius 3 is 2.46 bits per heavy atom. The maximum Gasteiger partial charge on any atom is 0.191 e. The lowest BCUT2D eigenvalue weighted by molar-refractivity contribution is 0.0266. The summed E-state index contributed by atoms with van der Waals surface area (Å²) in [6.07, 6.45) is 4.95. The number of ether oxygens (including phenoxy) is 1. The summed E-state index contributed by atoms with van der Waals surface area (Å²) >= 11 is 0. The van der Waals surface area contributed by atoms with Gasteiger partial charge in [-0.1, -0.05) is 20.8 Å². The molecule has 5 heteroatoms. The van der Waals surface area contributed by atoms with E-state index in [0.717, 1.165) is 32.1 Å². The van der Waals surface area contributed by atoms with Gasteiger partial charge in [-0.3, -0.25) is 4.99 Å². The smallest absolute Gasteiger partial charge is 0.191 e. The topological polar surface area (TPSA) is 48.9 Å². The van der Waals surface area contributed by atoms with Crippen LogP contribution < -0.4 is 10.6 Å². The molecule has 142 valence electrons. The molecule has 1 atom stereocenters. The summed E-state index contributed by atoms with van der Waals surface area (Å²) in [6, 6.07) is 0.545. The fraction of sp³-hybridized carbons (Fsp3) is 0.947. The molecule has 5 nitrogen and oxygen atoms in total. The molecule has 0 aromatic rings. The minimum absolute atomic E-state index is 0.305. The Balaban J connectivity index is 2.42. The van der Waals surface area contributed by atoms with E-state index in [1.54, 1.807) is 0 Å². The van der Waals surface area contributed by atoms with Crippen LogP contribution in [0.4, 0.5) is 0 Å². The summed E-state index contributed by atoms with van der Waals surface area (Å²) in [4.78, 5) is 7.34. The molecule has 0 aromatic carbocycles. The Labute approximate surface area is 149 Å². The number of likely N-dealkylation sites (tertiary alicyclic amines) is 1. The zero-order valence-electron chi connectivity index (χ0n) is 16.6. The van der Waals surface area contributed by atoms with Gasteiger partial charge in [0.25, 0.3) is 0 Å². The van der Waals surface area contributed by atoms with Crippen molar-refractivity contribution in [3.8, 4) is 0 Å². The predicted octanol–water partition coefficient (Wildman–Crippen LogP) is 2.87. The van der Waals surface area contributed by atoms with E-state index < -0.39 is 0 Å². The van der Waals surface area contributed by atoms with Crippen LogP contribution in [0.5, 0.6) is 0 Å². The van der Waals surface area contributed by atoms with Gasteiger partial charge in [-0.25, -0.2) is 0 Å². The number of nitrogens with zero attached hydrogens (tertiary/aromatic N) is 2. The highest BCUT2D eigenvalue weighted by molar-refractivity contribution is 5.80. The zero-order valence-corrected chi connectivity index (χ0v) is 16.6. The molecule has 0 spiro atoms. The van der Waals surface area contributed by atoms with Crippen molar-refractivity contribution in [2.24, 2.45) is 10.9 Å². The maximum atomic E-state index is 5.81. The van der Waals surface area contributed by atoms with Crippen LogP contribution in [0.1, 0.15) is 60.3 Å². The van der Waals surface area contributed by atoms with Gasteiger partial charge in [0.1, 0.15) is 0 Å². The van der Waals surface area contributed by atoms with Crippen LogP contribution in [0, 0.1) is 5.92 Å². The summed E-state index contributed by atoms with van der Waals surface area (Å²) in [5, 5.41) is 7.01. The molecule has 0 radical (unpaired) electrons. The van der Waals surface area contributed by atoms with Crippen molar-refractivity contribution in [2.75, 3.05) is 39.3 Å². The van der Waals surface area contributed by atoms with Gasteiger partial charge in [-0.05, 0) is 52.0 Å².